The molecule has 0 aromatic heterocycles. The Balaban J connectivity index is 2.05. The van der Waals surface area contributed by atoms with Gasteiger partial charge in [-0.15, -0.1) is 0 Å². The summed E-state index contributed by atoms with van der Waals surface area (Å²) in [6, 6.07) is 7.46. The van der Waals surface area contributed by atoms with Crippen molar-refractivity contribution in [3.8, 4) is 5.75 Å². The number of carbonyl (C=O) groups excluding carboxylic acids is 2. The summed E-state index contributed by atoms with van der Waals surface area (Å²) in [5.41, 5.74) is 0.135. The van der Waals surface area contributed by atoms with Crippen molar-refractivity contribution in [1.29, 1.82) is 0 Å². The van der Waals surface area contributed by atoms with Crippen molar-refractivity contribution in [2.24, 2.45) is 0 Å². The van der Waals surface area contributed by atoms with Crippen molar-refractivity contribution in [3.63, 3.8) is 0 Å². The second-order valence-electron chi connectivity index (χ2n) is 6.48. The third-order valence-electron chi connectivity index (χ3n) is 4.55. The second-order valence-corrected chi connectivity index (χ2v) is 6.48. The molecule has 0 aliphatic heterocycles. The number of carbonyl (C=O) groups is 2. The Morgan fingerprint density at radius 2 is 1.96 bits per heavy atom. The van der Waals surface area contributed by atoms with Crippen molar-refractivity contribution in [2.75, 3.05) is 13.7 Å². The monoisotopic (exact) mass is 332 g/mol. The minimum atomic E-state index is -0.747. The number of nitrogens with one attached hydrogen (secondary N) is 2. The van der Waals surface area contributed by atoms with Crippen LogP contribution >= 0.6 is 0 Å². The van der Waals surface area contributed by atoms with Crippen LogP contribution in [0, 0.1) is 0 Å². The third-order valence-corrected chi connectivity index (χ3v) is 4.55. The van der Waals surface area contributed by atoms with Gasteiger partial charge >= 0.3 is 0 Å². The molecule has 1 aliphatic rings. The Kier molecular flexibility index (Phi) is 6.64. The molecule has 1 aromatic carbocycles. The molecule has 0 heterocycles. The number of benzene rings is 1. The minimum Gasteiger partial charge on any atom is -0.497 e. The molecule has 2 N–H and O–H groups in total. The van der Waals surface area contributed by atoms with Crippen molar-refractivity contribution < 1.29 is 14.3 Å². The molecule has 5 nitrogen and oxygen atoms in total. The average Bonchev–Trinajstić information content (AvgIpc) is 2.60. The fourth-order valence-corrected chi connectivity index (χ4v) is 3.25. The maximum atomic E-state index is 12.6. The highest BCUT2D eigenvalue weighted by Crippen LogP contribution is 2.28. The van der Waals surface area contributed by atoms with E-state index in [0.717, 1.165) is 37.0 Å². The molecule has 2 amide bonds. The molecule has 0 spiro atoms. The van der Waals surface area contributed by atoms with Gasteiger partial charge in [-0.25, -0.2) is 0 Å². The van der Waals surface area contributed by atoms with E-state index >= 15 is 0 Å². The summed E-state index contributed by atoms with van der Waals surface area (Å²) in [6.07, 6.45) is 5.63. The summed E-state index contributed by atoms with van der Waals surface area (Å²) >= 11 is 0. The molecule has 0 radical (unpaired) electrons. The number of amides is 2. The number of methoxy groups -OCH3 is 1. The third kappa shape index (κ3) is 4.73. The molecule has 5 heteroatoms. The van der Waals surface area contributed by atoms with Crippen LogP contribution in [0.5, 0.6) is 5.75 Å². The van der Waals surface area contributed by atoms with Gasteiger partial charge in [0.1, 0.15) is 11.3 Å². The van der Waals surface area contributed by atoms with Crippen LogP contribution in [0.1, 0.15) is 51.0 Å². The molecule has 1 fully saturated rings. The van der Waals surface area contributed by atoms with Crippen LogP contribution in [0.15, 0.2) is 24.3 Å². The Labute approximate surface area is 144 Å². The Morgan fingerprint density at radius 1 is 1.21 bits per heavy atom. The summed E-state index contributed by atoms with van der Waals surface area (Å²) < 4.78 is 5.19. The predicted molar refractivity (Wildman–Crippen MR) is 94.0 cm³/mol. The largest absolute Gasteiger partial charge is 0.497 e. The Morgan fingerprint density at radius 3 is 2.62 bits per heavy atom. The lowest BCUT2D eigenvalue weighted by molar-refractivity contribution is -0.134. The van der Waals surface area contributed by atoms with Gasteiger partial charge in [0, 0.05) is 6.54 Å². The van der Waals surface area contributed by atoms with Crippen molar-refractivity contribution >= 4 is 11.8 Å². The molecule has 2 rings (SSSR count). The Bertz CT molecular complexity index is 565. The predicted octanol–water partition coefficient (Wildman–Crippen LogP) is 2.58. The number of hydrogen-bond acceptors (Lipinski definition) is 3. The maximum absolute atomic E-state index is 12.6. The van der Waals surface area contributed by atoms with Crippen LogP contribution in [-0.2, 0) is 16.0 Å². The zero-order valence-electron chi connectivity index (χ0n) is 14.7. The van der Waals surface area contributed by atoms with Crippen LogP contribution in [0.2, 0.25) is 0 Å². The van der Waals surface area contributed by atoms with E-state index in [1.54, 1.807) is 7.11 Å². The molecule has 1 aliphatic carbocycles. The molecule has 24 heavy (non-hydrogen) atoms. The molecule has 0 bridgehead atoms. The fourth-order valence-electron chi connectivity index (χ4n) is 3.25. The topological polar surface area (TPSA) is 67.4 Å². The molecule has 0 saturated heterocycles. The molecule has 0 unspecified atom stereocenters. The van der Waals surface area contributed by atoms with Gasteiger partial charge in [-0.1, -0.05) is 38.3 Å². The van der Waals surface area contributed by atoms with Crippen LogP contribution in [0.25, 0.3) is 0 Å². The van der Waals surface area contributed by atoms with Crippen molar-refractivity contribution in [1.82, 2.24) is 10.6 Å². The highest BCUT2D eigenvalue weighted by molar-refractivity contribution is 5.92. The lowest BCUT2D eigenvalue weighted by Crippen LogP contribution is -2.60. The van der Waals surface area contributed by atoms with Gasteiger partial charge in [0.15, 0.2) is 0 Å². The van der Waals surface area contributed by atoms with E-state index in [1.165, 1.54) is 0 Å². The molecule has 1 aromatic rings. The van der Waals surface area contributed by atoms with E-state index in [4.69, 9.17) is 4.74 Å². The summed E-state index contributed by atoms with van der Waals surface area (Å²) in [6.45, 7) is 2.67. The maximum Gasteiger partial charge on any atom is 0.245 e. The highest BCUT2D eigenvalue weighted by atomic mass is 16.5. The average molecular weight is 332 g/mol. The van der Waals surface area contributed by atoms with E-state index in [1.807, 2.05) is 31.2 Å². The van der Waals surface area contributed by atoms with Gasteiger partial charge in [0.2, 0.25) is 11.8 Å². The molecular formula is C19H28N2O3. The Hall–Kier alpha value is -2.04. The van der Waals surface area contributed by atoms with E-state index in [9.17, 15) is 9.59 Å². The van der Waals surface area contributed by atoms with Gasteiger partial charge in [0.25, 0.3) is 0 Å². The van der Waals surface area contributed by atoms with Crippen molar-refractivity contribution in [2.45, 2.75) is 57.4 Å². The fraction of sp³-hybridized carbons (Fsp3) is 0.579. The normalized spacial score (nSPS) is 16.2. The minimum absolute atomic E-state index is 0.0388. The zero-order valence-corrected chi connectivity index (χ0v) is 14.7. The zero-order chi connectivity index (χ0) is 17.4. The standard InChI is InChI=1S/C19H28N2O3/c1-3-12-20-18(23)19(10-5-4-6-11-19)21-17(22)14-15-8-7-9-16(13-15)24-2/h7-9,13H,3-6,10-12,14H2,1-2H3,(H,20,23)(H,21,22). The first-order chi connectivity index (χ1) is 11.6. The van der Waals surface area contributed by atoms with Crippen LogP contribution in [-0.4, -0.2) is 31.0 Å². The van der Waals surface area contributed by atoms with Crippen LogP contribution in [0.4, 0.5) is 0 Å². The number of hydrogen-bond donors (Lipinski definition) is 2. The number of rotatable bonds is 7. The van der Waals surface area contributed by atoms with E-state index in [2.05, 4.69) is 10.6 Å². The van der Waals surface area contributed by atoms with Crippen LogP contribution < -0.4 is 15.4 Å². The second kappa shape index (κ2) is 8.71. The summed E-state index contributed by atoms with van der Waals surface area (Å²) in [4.78, 5) is 25.2. The van der Waals surface area contributed by atoms with E-state index in [0.29, 0.717) is 19.4 Å². The quantitative estimate of drug-likeness (QED) is 0.806. The number of ether oxygens (including phenoxy) is 1. The van der Waals surface area contributed by atoms with Gasteiger partial charge in [-0.2, -0.15) is 0 Å². The molecular weight excluding hydrogens is 304 g/mol. The first kappa shape index (κ1) is 18.3. The molecule has 132 valence electrons. The van der Waals surface area contributed by atoms with Crippen LogP contribution in [0.3, 0.4) is 0 Å². The van der Waals surface area contributed by atoms with E-state index in [-0.39, 0.29) is 18.2 Å². The van der Waals surface area contributed by atoms with Gasteiger partial charge < -0.3 is 15.4 Å². The summed E-state index contributed by atoms with van der Waals surface area (Å²) in [5.74, 6) is 0.577. The SMILES string of the molecule is CCCNC(=O)C1(NC(=O)Cc2cccc(OC)c2)CCCCC1. The van der Waals surface area contributed by atoms with Gasteiger partial charge in [-0.05, 0) is 37.0 Å². The highest BCUT2D eigenvalue weighted by Gasteiger charge is 2.40. The smallest absolute Gasteiger partial charge is 0.245 e. The lowest BCUT2D eigenvalue weighted by Gasteiger charge is -2.36. The summed E-state index contributed by atoms with van der Waals surface area (Å²) in [7, 11) is 1.61. The van der Waals surface area contributed by atoms with Gasteiger partial charge in [-0.3, -0.25) is 9.59 Å². The lowest BCUT2D eigenvalue weighted by atomic mass is 9.80. The first-order valence-electron chi connectivity index (χ1n) is 8.82. The van der Waals surface area contributed by atoms with Gasteiger partial charge in [0.05, 0.1) is 13.5 Å². The summed E-state index contributed by atoms with van der Waals surface area (Å²) in [5, 5.41) is 5.99. The molecule has 1 saturated carbocycles. The molecule has 0 atom stereocenters. The van der Waals surface area contributed by atoms with E-state index < -0.39 is 5.54 Å². The van der Waals surface area contributed by atoms with Crippen molar-refractivity contribution in [3.05, 3.63) is 29.8 Å². The first-order valence-corrected chi connectivity index (χ1v) is 8.82.